The van der Waals surface area contributed by atoms with Crippen LogP contribution < -0.4 is 5.32 Å². The molecule has 2 fully saturated rings. The van der Waals surface area contributed by atoms with Crippen LogP contribution in [0.3, 0.4) is 0 Å². The molecule has 0 radical (unpaired) electrons. The summed E-state index contributed by atoms with van der Waals surface area (Å²) < 4.78 is 16.7. The molecule has 0 amide bonds. The summed E-state index contributed by atoms with van der Waals surface area (Å²) in [5.74, 6) is 0.487. The average Bonchev–Trinajstić information content (AvgIpc) is 2.80. The average molecular weight is 470 g/mol. The van der Waals surface area contributed by atoms with Gasteiger partial charge in [-0.1, -0.05) is 57.8 Å². The van der Waals surface area contributed by atoms with E-state index in [2.05, 4.69) is 5.32 Å². The van der Waals surface area contributed by atoms with Crippen molar-refractivity contribution in [1.82, 2.24) is 5.32 Å². The zero-order valence-corrected chi connectivity index (χ0v) is 21.5. The van der Waals surface area contributed by atoms with Gasteiger partial charge in [0.05, 0.1) is 12.2 Å². The van der Waals surface area contributed by atoms with Gasteiger partial charge in [0.25, 0.3) is 0 Å². The fourth-order valence-corrected chi connectivity index (χ4v) is 5.22. The van der Waals surface area contributed by atoms with E-state index in [-0.39, 0.29) is 18.3 Å². The van der Waals surface area contributed by atoms with E-state index < -0.39 is 5.60 Å². The van der Waals surface area contributed by atoms with Gasteiger partial charge >= 0.3 is 5.97 Å². The normalized spacial score (nSPS) is 22.6. The number of unbranched alkanes of at least 4 members (excludes halogenated alkanes) is 4. The molecular weight excluding hydrogens is 418 g/mol. The van der Waals surface area contributed by atoms with Crippen molar-refractivity contribution in [3.8, 4) is 0 Å². The van der Waals surface area contributed by atoms with Crippen molar-refractivity contribution in [2.45, 2.75) is 135 Å². The second-order valence-electron chi connectivity index (χ2n) is 10.4. The lowest BCUT2D eigenvalue weighted by atomic mass is 9.80. The maximum Gasteiger partial charge on any atom is 0.323 e. The molecule has 6 heteroatoms. The van der Waals surface area contributed by atoms with Crippen molar-refractivity contribution >= 4 is 5.97 Å². The monoisotopic (exact) mass is 469 g/mol. The maximum atomic E-state index is 12.4. The molecule has 3 unspecified atom stereocenters. The van der Waals surface area contributed by atoms with Crippen molar-refractivity contribution < 1.29 is 24.1 Å². The number of nitrogens with one attached hydrogen (secondary N) is 1. The molecule has 1 saturated carbocycles. The van der Waals surface area contributed by atoms with Gasteiger partial charge in [0.15, 0.2) is 6.29 Å². The predicted octanol–water partition coefficient (Wildman–Crippen LogP) is 5.50. The smallest absolute Gasteiger partial charge is 0.323 e. The maximum absolute atomic E-state index is 12.4. The summed E-state index contributed by atoms with van der Waals surface area (Å²) in [4.78, 5) is 12.4. The molecule has 1 heterocycles. The highest BCUT2D eigenvalue weighted by atomic mass is 16.7. The van der Waals surface area contributed by atoms with Crippen LogP contribution in [0.4, 0.5) is 0 Å². The van der Waals surface area contributed by atoms with E-state index in [1.807, 2.05) is 13.8 Å². The fraction of sp³-hybridized carbons (Fsp3) is 0.963. The Bertz CT molecular complexity index is 501. The Morgan fingerprint density at radius 2 is 1.79 bits per heavy atom. The topological polar surface area (TPSA) is 77.0 Å². The van der Waals surface area contributed by atoms with Gasteiger partial charge < -0.3 is 24.6 Å². The predicted molar refractivity (Wildman–Crippen MR) is 132 cm³/mol. The lowest BCUT2D eigenvalue weighted by Crippen LogP contribution is -2.41. The van der Waals surface area contributed by atoms with E-state index >= 15 is 0 Å². The van der Waals surface area contributed by atoms with Gasteiger partial charge in [-0.15, -0.1) is 0 Å². The molecule has 2 N–H and O–H groups in total. The number of esters is 1. The van der Waals surface area contributed by atoms with E-state index in [1.165, 1.54) is 38.5 Å². The van der Waals surface area contributed by atoms with E-state index in [0.717, 1.165) is 71.0 Å². The van der Waals surface area contributed by atoms with Crippen LogP contribution in [0.15, 0.2) is 0 Å². The summed E-state index contributed by atoms with van der Waals surface area (Å²) in [5.41, 5.74) is -0.668. The Kier molecular flexibility index (Phi) is 14.6. The summed E-state index contributed by atoms with van der Waals surface area (Å²) in [5, 5.41) is 14.2. The molecule has 6 nitrogen and oxygen atoms in total. The van der Waals surface area contributed by atoms with Gasteiger partial charge in [-0.25, -0.2) is 0 Å². The van der Waals surface area contributed by atoms with Gasteiger partial charge in [-0.3, -0.25) is 4.79 Å². The van der Waals surface area contributed by atoms with Crippen molar-refractivity contribution in [3.05, 3.63) is 0 Å². The van der Waals surface area contributed by atoms with Gasteiger partial charge in [0.2, 0.25) is 0 Å². The molecule has 1 aliphatic carbocycles. The zero-order valence-electron chi connectivity index (χ0n) is 21.5. The summed E-state index contributed by atoms with van der Waals surface area (Å²) in [6, 6.07) is -0.276. The van der Waals surface area contributed by atoms with Crippen molar-refractivity contribution in [2.24, 2.45) is 5.92 Å². The first-order chi connectivity index (χ1) is 16.0. The summed E-state index contributed by atoms with van der Waals surface area (Å²) >= 11 is 0. The first kappa shape index (κ1) is 28.5. The van der Waals surface area contributed by atoms with Crippen LogP contribution in [0.25, 0.3) is 0 Å². The molecule has 1 saturated heterocycles. The first-order valence-electron chi connectivity index (χ1n) is 13.9. The number of rotatable bonds is 17. The highest BCUT2D eigenvalue weighted by Crippen LogP contribution is 2.31. The van der Waals surface area contributed by atoms with Crippen LogP contribution in [0.2, 0.25) is 0 Å². The minimum Gasteiger partial charge on any atom is -0.465 e. The standard InChI is InChI=1S/C27H51NO5/c1-3-31-26(29)24(28-19-18-27(2,30)22-23-14-8-7-9-15-23)16-10-5-4-6-12-20-32-25-17-11-13-21-33-25/h23-25,28,30H,3-22H2,1-2H3. The third-order valence-corrected chi connectivity index (χ3v) is 7.16. The summed E-state index contributed by atoms with van der Waals surface area (Å²) in [6.45, 7) is 6.46. The van der Waals surface area contributed by atoms with Gasteiger partial charge in [-0.05, 0) is 71.3 Å². The molecule has 2 aliphatic rings. The van der Waals surface area contributed by atoms with Crippen molar-refractivity contribution in [2.75, 3.05) is 26.4 Å². The molecule has 0 aromatic heterocycles. The van der Waals surface area contributed by atoms with Gasteiger partial charge in [-0.2, -0.15) is 0 Å². The molecule has 194 valence electrons. The van der Waals surface area contributed by atoms with Crippen LogP contribution in [0, 0.1) is 5.92 Å². The zero-order chi connectivity index (χ0) is 23.8. The molecule has 2 rings (SSSR count). The minimum atomic E-state index is -0.668. The van der Waals surface area contributed by atoms with Crippen molar-refractivity contribution in [1.29, 1.82) is 0 Å². The van der Waals surface area contributed by atoms with Crippen molar-refractivity contribution in [3.63, 3.8) is 0 Å². The van der Waals surface area contributed by atoms with E-state index in [9.17, 15) is 9.90 Å². The Hall–Kier alpha value is -0.690. The number of ether oxygens (including phenoxy) is 3. The molecule has 3 atom stereocenters. The number of carbonyl (C=O) groups excluding carboxylic acids is 1. The van der Waals surface area contributed by atoms with Crippen LogP contribution in [0.5, 0.6) is 0 Å². The summed E-state index contributed by atoms with van der Waals surface area (Å²) in [7, 11) is 0. The SMILES string of the molecule is CCOC(=O)C(CCCCCCCOC1CCCCO1)NCCC(C)(O)CC1CCCCC1. The lowest BCUT2D eigenvalue weighted by molar-refractivity contribution is -0.162. The Morgan fingerprint density at radius 3 is 2.52 bits per heavy atom. The third-order valence-electron chi connectivity index (χ3n) is 7.16. The van der Waals surface area contributed by atoms with Gasteiger partial charge in [0.1, 0.15) is 6.04 Å². The number of carbonyl (C=O) groups is 1. The third kappa shape index (κ3) is 13.1. The van der Waals surface area contributed by atoms with Gasteiger partial charge in [0, 0.05) is 13.2 Å². The van der Waals surface area contributed by atoms with E-state index in [0.29, 0.717) is 25.5 Å². The minimum absolute atomic E-state index is 0.0126. The molecular formula is C27H51NO5. The van der Waals surface area contributed by atoms with Crippen LogP contribution in [-0.4, -0.2) is 55.4 Å². The number of hydrogen-bond acceptors (Lipinski definition) is 6. The summed E-state index contributed by atoms with van der Waals surface area (Å²) in [6.07, 6.45) is 17.6. The van der Waals surface area contributed by atoms with E-state index in [1.54, 1.807) is 0 Å². The second-order valence-corrected chi connectivity index (χ2v) is 10.4. The highest BCUT2D eigenvalue weighted by Gasteiger charge is 2.27. The Balaban J connectivity index is 1.57. The lowest BCUT2D eigenvalue weighted by Gasteiger charge is -2.31. The molecule has 1 aliphatic heterocycles. The second kappa shape index (κ2) is 16.9. The van der Waals surface area contributed by atoms with Crippen LogP contribution in [0.1, 0.15) is 117 Å². The Morgan fingerprint density at radius 1 is 1.06 bits per heavy atom. The quantitative estimate of drug-likeness (QED) is 0.216. The van der Waals surface area contributed by atoms with Crippen LogP contribution >= 0.6 is 0 Å². The highest BCUT2D eigenvalue weighted by molar-refractivity contribution is 5.75. The largest absolute Gasteiger partial charge is 0.465 e. The molecule has 33 heavy (non-hydrogen) atoms. The van der Waals surface area contributed by atoms with E-state index in [4.69, 9.17) is 14.2 Å². The number of aliphatic hydroxyl groups is 1. The Labute approximate surface area is 202 Å². The molecule has 0 aromatic carbocycles. The first-order valence-corrected chi connectivity index (χ1v) is 13.9. The number of hydrogen-bond donors (Lipinski definition) is 2. The molecule has 0 aromatic rings. The van der Waals surface area contributed by atoms with Crippen LogP contribution in [-0.2, 0) is 19.0 Å². The molecule has 0 spiro atoms. The molecule has 0 bridgehead atoms. The fourth-order valence-electron chi connectivity index (χ4n) is 5.22.